The lowest BCUT2D eigenvalue weighted by atomic mass is 10.0. The minimum atomic E-state index is 0.0655. The van der Waals surface area contributed by atoms with Crippen LogP contribution in [0.1, 0.15) is 24.9 Å². The first kappa shape index (κ1) is 17.6. The number of thioether (sulfide) groups is 1. The molecular weight excluding hydrogens is 292 g/mol. The van der Waals surface area contributed by atoms with E-state index < -0.39 is 0 Å². The third kappa shape index (κ3) is 4.04. The molecule has 5 heteroatoms. The number of nitrogens with two attached hydrogens (primary N) is 1. The summed E-state index contributed by atoms with van der Waals surface area (Å²) in [7, 11) is 3.78. The molecule has 20 heavy (non-hydrogen) atoms. The average molecular weight is 317 g/mol. The largest absolute Gasteiger partial charge is 0.496 e. The fourth-order valence-corrected chi connectivity index (χ4v) is 3.62. The lowest BCUT2D eigenvalue weighted by Crippen LogP contribution is -2.40. The van der Waals surface area contributed by atoms with Crippen molar-refractivity contribution in [2.75, 3.05) is 32.7 Å². The van der Waals surface area contributed by atoms with Crippen molar-refractivity contribution in [3.8, 4) is 5.75 Å². The highest BCUT2D eigenvalue weighted by molar-refractivity contribution is 7.98. The molecule has 114 valence electrons. The molecule has 0 saturated heterocycles. The highest BCUT2D eigenvalue weighted by Gasteiger charge is 2.26. The van der Waals surface area contributed by atoms with E-state index in [2.05, 4.69) is 25.1 Å². The van der Waals surface area contributed by atoms with Crippen LogP contribution < -0.4 is 10.5 Å². The van der Waals surface area contributed by atoms with Gasteiger partial charge >= 0.3 is 0 Å². The van der Waals surface area contributed by atoms with E-state index in [1.54, 1.807) is 7.11 Å². The second-order valence-electron chi connectivity index (χ2n) is 4.79. The highest BCUT2D eigenvalue weighted by Crippen LogP contribution is 2.35. The van der Waals surface area contributed by atoms with Gasteiger partial charge in [-0.15, -0.1) is 0 Å². The molecule has 0 aromatic heterocycles. The zero-order valence-electron chi connectivity index (χ0n) is 12.7. The molecule has 0 aliphatic rings. The van der Waals surface area contributed by atoms with E-state index in [9.17, 15) is 0 Å². The van der Waals surface area contributed by atoms with Crippen molar-refractivity contribution in [3.05, 3.63) is 28.8 Å². The highest BCUT2D eigenvalue weighted by atomic mass is 35.5. The molecule has 1 aromatic rings. The minimum Gasteiger partial charge on any atom is -0.496 e. The zero-order chi connectivity index (χ0) is 15.1. The first-order valence-electron chi connectivity index (χ1n) is 6.83. The quantitative estimate of drug-likeness (QED) is 0.797. The predicted molar refractivity (Wildman–Crippen MR) is 90.0 cm³/mol. The Labute approximate surface area is 131 Å². The number of nitrogens with zero attached hydrogens (tertiary/aromatic N) is 1. The van der Waals surface area contributed by atoms with E-state index in [-0.39, 0.29) is 6.04 Å². The van der Waals surface area contributed by atoms with E-state index in [4.69, 9.17) is 22.1 Å². The summed E-state index contributed by atoms with van der Waals surface area (Å²) in [6.45, 7) is 2.72. The number of hydrogen-bond donors (Lipinski definition) is 1. The van der Waals surface area contributed by atoms with Crippen molar-refractivity contribution in [1.82, 2.24) is 4.90 Å². The average Bonchev–Trinajstić information content (AvgIpc) is 2.46. The monoisotopic (exact) mass is 316 g/mol. The Morgan fingerprint density at radius 3 is 2.65 bits per heavy atom. The van der Waals surface area contributed by atoms with Gasteiger partial charge in [-0.05, 0) is 31.9 Å². The van der Waals surface area contributed by atoms with Crippen molar-refractivity contribution in [3.63, 3.8) is 0 Å². The van der Waals surface area contributed by atoms with Crippen molar-refractivity contribution in [2.45, 2.75) is 25.4 Å². The van der Waals surface area contributed by atoms with E-state index in [0.29, 0.717) is 17.6 Å². The fourth-order valence-electron chi connectivity index (χ4n) is 2.48. The number of likely N-dealkylation sites (N-methyl/N-ethyl adjacent to an activating group) is 1. The molecular formula is C15H25ClN2OS. The normalized spacial score (nSPS) is 14.3. The van der Waals surface area contributed by atoms with Crippen LogP contribution in [0.25, 0.3) is 0 Å². The van der Waals surface area contributed by atoms with Gasteiger partial charge in [0.25, 0.3) is 0 Å². The van der Waals surface area contributed by atoms with Crippen LogP contribution in [0, 0.1) is 0 Å². The second kappa shape index (κ2) is 8.78. The summed E-state index contributed by atoms with van der Waals surface area (Å²) in [5.41, 5.74) is 7.01. The maximum absolute atomic E-state index is 6.38. The van der Waals surface area contributed by atoms with Crippen LogP contribution in [0.2, 0.25) is 5.02 Å². The van der Waals surface area contributed by atoms with Gasteiger partial charge in [-0.25, -0.2) is 0 Å². The molecule has 0 aliphatic heterocycles. The van der Waals surface area contributed by atoms with Gasteiger partial charge in [0.2, 0.25) is 0 Å². The van der Waals surface area contributed by atoms with Gasteiger partial charge in [0.15, 0.2) is 0 Å². The summed E-state index contributed by atoms with van der Waals surface area (Å²) in [5, 5.41) is 0.714. The number of halogens is 1. The molecule has 0 spiro atoms. The molecule has 1 aromatic carbocycles. The van der Waals surface area contributed by atoms with Crippen LogP contribution in [0.5, 0.6) is 5.75 Å². The molecule has 2 N–H and O–H groups in total. The van der Waals surface area contributed by atoms with Crippen molar-refractivity contribution in [1.29, 1.82) is 0 Å². The van der Waals surface area contributed by atoms with Gasteiger partial charge in [0, 0.05) is 28.9 Å². The van der Waals surface area contributed by atoms with Gasteiger partial charge in [-0.2, -0.15) is 11.8 Å². The molecule has 0 amide bonds. The molecule has 0 bridgehead atoms. The topological polar surface area (TPSA) is 38.5 Å². The van der Waals surface area contributed by atoms with E-state index in [1.807, 2.05) is 30.0 Å². The van der Waals surface area contributed by atoms with Crippen molar-refractivity contribution < 1.29 is 4.74 Å². The summed E-state index contributed by atoms with van der Waals surface area (Å²) in [6.07, 6.45) is 3.21. The first-order valence-corrected chi connectivity index (χ1v) is 8.61. The van der Waals surface area contributed by atoms with E-state index in [0.717, 1.165) is 23.5 Å². The molecule has 0 fully saturated rings. The van der Waals surface area contributed by atoms with Gasteiger partial charge in [0.05, 0.1) is 13.2 Å². The van der Waals surface area contributed by atoms with Gasteiger partial charge in [0.1, 0.15) is 5.75 Å². The lowest BCUT2D eigenvalue weighted by molar-refractivity contribution is 0.185. The Bertz CT molecular complexity index is 417. The minimum absolute atomic E-state index is 0.0655. The second-order valence-corrected chi connectivity index (χ2v) is 6.11. The molecule has 2 atom stereocenters. The number of rotatable bonds is 8. The number of benzene rings is 1. The van der Waals surface area contributed by atoms with Crippen LogP contribution in [0.15, 0.2) is 18.2 Å². The van der Waals surface area contributed by atoms with Crippen molar-refractivity contribution in [2.24, 2.45) is 5.73 Å². The smallest absolute Gasteiger partial charge is 0.125 e. The summed E-state index contributed by atoms with van der Waals surface area (Å²) in [6, 6.07) is 6.27. The lowest BCUT2D eigenvalue weighted by Gasteiger charge is -2.35. The maximum Gasteiger partial charge on any atom is 0.125 e. The molecule has 2 unspecified atom stereocenters. The molecule has 0 saturated carbocycles. The van der Waals surface area contributed by atoms with Gasteiger partial charge < -0.3 is 10.5 Å². The Balaban J connectivity index is 3.12. The molecule has 0 heterocycles. The molecule has 1 rings (SSSR count). The van der Waals surface area contributed by atoms with Crippen LogP contribution >= 0.6 is 23.4 Å². The molecule has 3 nitrogen and oxygen atoms in total. The van der Waals surface area contributed by atoms with Gasteiger partial charge in [-0.3, -0.25) is 4.90 Å². The number of ether oxygens (including phenoxy) is 1. The Hall–Kier alpha value is -0.420. The standard InChI is InChI=1S/C15H25ClN2OS/c1-5-11(10-20-4)18(2)13(9-17)15-12(16)7-6-8-14(15)19-3/h6-8,11,13H,5,9-10,17H2,1-4H3. The fraction of sp³-hybridized carbons (Fsp3) is 0.600. The summed E-state index contributed by atoms with van der Waals surface area (Å²) >= 11 is 8.24. The predicted octanol–water partition coefficient (Wildman–Crippen LogP) is 3.42. The molecule has 0 radical (unpaired) electrons. The Morgan fingerprint density at radius 2 is 2.15 bits per heavy atom. The number of methoxy groups -OCH3 is 1. The summed E-state index contributed by atoms with van der Waals surface area (Å²) in [4.78, 5) is 2.32. The summed E-state index contributed by atoms with van der Waals surface area (Å²) < 4.78 is 5.46. The van der Waals surface area contributed by atoms with E-state index in [1.165, 1.54) is 0 Å². The summed E-state index contributed by atoms with van der Waals surface area (Å²) in [5.74, 6) is 1.88. The number of hydrogen-bond acceptors (Lipinski definition) is 4. The van der Waals surface area contributed by atoms with Crippen LogP contribution in [-0.4, -0.2) is 43.7 Å². The zero-order valence-corrected chi connectivity index (χ0v) is 14.3. The molecule has 0 aliphatic carbocycles. The van der Waals surface area contributed by atoms with Crippen LogP contribution in [0.4, 0.5) is 0 Å². The first-order chi connectivity index (χ1) is 9.60. The van der Waals surface area contributed by atoms with E-state index >= 15 is 0 Å². The SMILES string of the molecule is CCC(CSC)N(C)C(CN)c1c(Cl)cccc1OC. The third-order valence-electron chi connectivity index (χ3n) is 3.69. The van der Waals surface area contributed by atoms with Crippen molar-refractivity contribution >= 4 is 23.4 Å². The Morgan fingerprint density at radius 1 is 1.45 bits per heavy atom. The van der Waals surface area contributed by atoms with Gasteiger partial charge in [-0.1, -0.05) is 24.6 Å². The van der Waals surface area contributed by atoms with Crippen LogP contribution in [-0.2, 0) is 0 Å². The van der Waals surface area contributed by atoms with Crippen LogP contribution in [0.3, 0.4) is 0 Å². The maximum atomic E-state index is 6.38. The Kier molecular flexibility index (Phi) is 7.74. The third-order valence-corrected chi connectivity index (χ3v) is 4.73.